The highest BCUT2D eigenvalue weighted by Crippen LogP contribution is 2.19. The normalized spacial score (nSPS) is 16.4. The van der Waals surface area contributed by atoms with Crippen LogP contribution in [0, 0.1) is 6.67 Å². The summed E-state index contributed by atoms with van der Waals surface area (Å²) >= 11 is 0. The summed E-state index contributed by atoms with van der Waals surface area (Å²) in [5, 5.41) is 0. The predicted molar refractivity (Wildman–Crippen MR) is 109 cm³/mol. The summed E-state index contributed by atoms with van der Waals surface area (Å²) < 4.78 is 0. The lowest BCUT2D eigenvalue weighted by Crippen LogP contribution is -2.50. The first-order valence-electron chi connectivity index (χ1n) is 9.45. The summed E-state index contributed by atoms with van der Waals surface area (Å²) in [6, 6.07) is 31.9. The molecule has 2 radical (unpaired) electrons. The molecule has 0 atom stereocenters. The Morgan fingerprint density at radius 2 is 0.889 bits per heavy atom. The predicted octanol–water partition coefficient (Wildman–Crippen LogP) is 4.42. The SMILES string of the molecule is [C]1N(Cc2ccccc2)CN(Cc2ccccc2)CN1Cc1ccccc1. The second-order valence-corrected chi connectivity index (χ2v) is 7.06. The lowest BCUT2D eigenvalue weighted by molar-refractivity contribution is -0.00196. The fourth-order valence-corrected chi connectivity index (χ4v) is 3.51. The zero-order valence-corrected chi connectivity index (χ0v) is 15.5. The van der Waals surface area contributed by atoms with Gasteiger partial charge < -0.3 is 0 Å². The Hall–Kier alpha value is -2.46. The summed E-state index contributed by atoms with van der Waals surface area (Å²) in [6.07, 6.45) is 0. The molecule has 0 N–H and O–H groups in total. The van der Waals surface area contributed by atoms with Gasteiger partial charge in [0.05, 0.1) is 13.3 Å². The number of hydrogen-bond donors (Lipinski definition) is 0. The van der Waals surface area contributed by atoms with Crippen LogP contribution in [0.5, 0.6) is 0 Å². The highest BCUT2D eigenvalue weighted by Gasteiger charge is 2.25. The van der Waals surface area contributed by atoms with Crippen molar-refractivity contribution in [2.24, 2.45) is 0 Å². The number of benzene rings is 3. The Kier molecular flexibility index (Phi) is 5.95. The molecule has 0 unspecified atom stereocenters. The summed E-state index contributed by atoms with van der Waals surface area (Å²) in [4.78, 5) is 7.03. The average molecular weight is 355 g/mol. The second kappa shape index (κ2) is 8.96. The highest BCUT2D eigenvalue weighted by molar-refractivity contribution is 5.17. The first kappa shape index (κ1) is 17.9. The molecule has 3 aromatic rings. The smallest absolute Gasteiger partial charge is 0.149 e. The van der Waals surface area contributed by atoms with E-state index < -0.39 is 0 Å². The molecular formula is C24H25N3. The monoisotopic (exact) mass is 355 g/mol. The zero-order chi connectivity index (χ0) is 18.3. The minimum absolute atomic E-state index is 0.872. The Morgan fingerprint density at radius 1 is 0.519 bits per heavy atom. The van der Waals surface area contributed by atoms with Gasteiger partial charge in [-0.15, -0.1) is 0 Å². The Bertz CT molecular complexity index is 686. The molecule has 3 nitrogen and oxygen atoms in total. The van der Waals surface area contributed by atoms with Gasteiger partial charge in [-0.05, 0) is 16.7 Å². The molecule has 0 spiro atoms. The molecule has 1 heterocycles. The molecule has 0 aliphatic carbocycles. The van der Waals surface area contributed by atoms with E-state index in [1.54, 1.807) is 0 Å². The van der Waals surface area contributed by atoms with Crippen LogP contribution in [0.15, 0.2) is 91.0 Å². The van der Waals surface area contributed by atoms with Crippen molar-refractivity contribution in [1.82, 2.24) is 14.7 Å². The van der Waals surface area contributed by atoms with Crippen LogP contribution < -0.4 is 0 Å². The average Bonchev–Trinajstić information content (AvgIpc) is 2.70. The summed E-state index contributed by atoms with van der Waals surface area (Å²) in [5.41, 5.74) is 3.97. The van der Waals surface area contributed by atoms with Crippen LogP contribution >= 0.6 is 0 Å². The minimum atomic E-state index is 0.872. The van der Waals surface area contributed by atoms with E-state index in [9.17, 15) is 0 Å². The van der Waals surface area contributed by atoms with Gasteiger partial charge in [-0.2, -0.15) is 0 Å². The summed E-state index contributed by atoms with van der Waals surface area (Å²) in [5.74, 6) is 0. The second-order valence-electron chi connectivity index (χ2n) is 7.06. The Morgan fingerprint density at radius 3 is 1.30 bits per heavy atom. The lowest BCUT2D eigenvalue weighted by Gasteiger charge is -2.41. The first-order chi connectivity index (χ1) is 13.3. The maximum Gasteiger partial charge on any atom is 0.149 e. The van der Waals surface area contributed by atoms with Gasteiger partial charge in [0.15, 0.2) is 0 Å². The van der Waals surface area contributed by atoms with Gasteiger partial charge in [-0.25, -0.2) is 0 Å². The van der Waals surface area contributed by atoms with E-state index in [0.717, 1.165) is 33.0 Å². The molecule has 3 aromatic carbocycles. The van der Waals surface area contributed by atoms with E-state index in [1.165, 1.54) is 16.7 Å². The standard InChI is InChI=1S/C24H25N3/c1-4-10-22(11-5-1)16-25-19-26(17-23-12-6-2-7-13-23)21-27(20-25)18-24-14-8-3-9-15-24/h1-15H,16-20H2. The van der Waals surface area contributed by atoms with Gasteiger partial charge in [0.25, 0.3) is 0 Å². The third-order valence-electron chi connectivity index (χ3n) is 4.71. The van der Waals surface area contributed by atoms with Crippen LogP contribution in [0.4, 0.5) is 0 Å². The molecule has 27 heavy (non-hydrogen) atoms. The number of nitrogens with zero attached hydrogens (tertiary/aromatic N) is 3. The van der Waals surface area contributed by atoms with Crippen molar-refractivity contribution in [2.45, 2.75) is 19.6 Å². The van der Waals surface area contributed by atoms with Crippen molar-refractivity contribution >= 4 is 0 Å². The quantitative estimate of drug-likeness (QED) is 0.648. The van der Waals surface area contributed by atoms with E-state index in [1.807, 2.05) is 0 Å². The van der Waals surface area contributed by atoms with Crippen LogP contribution in [0.2, 0.25) is 0 Å². The zero-order valence-electron chi connectivity index (χ0n) is 15.5. The molecule has 1 fully saturated rings. The maximum absolute atomic E-state index is 3.59. The van der Waals surface area contributed by atoms with Gasteiger partial charge in [-0.3, -0.25) is 14.7 Å². The van der Waals surface area contributed by atoms with Crippen molar-refractivity contribution in [3.05, 3.63) is 114 Å². The summed E-state index contributed by atoms with van der Waals surface area (Å²) in [6.45, 7) is 8.05. The Balaban J connectivity index is 1.47. The fourth-order valence-electron chi connectivity index (χ4n) is 3.51. The third-order valence-corrected chi connectivity index (χ3v) is 4.71. The minimum Gasteiger partial charge on any atom is -0.273 e. The lowest BCUT2D eigenvalue weighted by atomic mass is 10.2. The molecular weight excluding hydrogens is 330 g/mol. The third kappa shape index (κ3) is 5.27. The van der Waals surface area contributed by atoms with Gasteiger partial charge in [0.1, 0.15) is 6.67 Å². The van der Waals surface area contributed by atoms with E-state index in [0.29, 0.717) is 0 Å². The molecule has 4 rings (SSSR count). The van der Waals surface area contributed by atoms with E-state index in [2.05, 4.69) is 112 Å². The summed E-state index contributed by atoms with van der Waals surface area (Å²) in [7, 11) is 0. The molecule has 1 aliphatic heterocycles. The van der Waals surface area contributed by atoms with Crippen molar-refractivity contribution in [3.8, 4) is 0 Å². The maximum atomic E-state index is 3.59. The van der Waals surface area contributed by atoms with Crippen molar-refractivity contribution in [3.63, 3.8) is 0 Å². The van der Waals surface area contributed by atoms with Gasteiger partial charge in [0, 0.05) is 19.6 Å². The molecule has 1 saturated heterocycles. The molecule has 136 valence electrons. The largest absolute Gasteiger partial charge is 0.273 e. The molecule has 0 bridgehead atoms. The van der Waals surface area contributed by atoms with Crippen LogP contribution in [0.3, 0.4) is 0 Å². The molecule has 0 saturated carbocycles. The van der Waals surface area contributed by atoms with Crippen molar-refractivity contribution in [1.29, 1.82) is 0 Å². The van der Waals surface area contributed by atoms with E-state index in [-0.39, 0.29) is 0 Å². The van der Waals surface area contributed by atoms with Gasteiger partial charge in [-0.1, -0.05) is 91.0 Å². The van der Waals surface area contributed by atoms with Crippen LogP contribution in [-0.4, -0.2) is 28.0 Å². The number of hydrogen-bond acceptors (Lipinski definition) is 3. The van der Waals surface area contributed by atoms with Crippen LogP contribution in [0.25, 0.3) is 0 Å². The molecule has 0 amide bonds. The fraction of sp³-hybridized carbons (Fsp3) is 0.208. The van der Waals surface area contributed by atoms with Crippen molar-refractivity contribution in [2.75, 3.05) is 13.3 Å². The first-order valence-corrected chi connectivity index (χ1v) is 9.45. The van der Waals surface area contributed by atoms with Crippen molar-refractivity contribution < 1.29 is 0 Å². The van der Waals surface area contributed by atoms with Gasteiger partial charge >= 0.3 is 0 Å². The van der Waals surface area contributed by atoms with E-state index in [4.69, 9.17) is 0 Å². The van der Waals surface area contributed by atoms with Gasteiger partial charge in [0.2, 0.25) is 0 Å². The molecule has 0 aromatic heterocycles. The van der Waals surface area contributed by atoms with E-state index >= 15 is 0 Å². The highest BCUT2D eigenvalue weighted by atomic mass is 15.5. The van der Waals surface area contributed by atoms with Crippen LogP contribution in [-0.2, 0) is 19.6 Å². The van der Waals surface area contributed by atoms with Crippen LogP contribution in [0.1, 0.15) is 16.7 Å². The Labute approximate surface area is 162 Å². The molecule has 1 aliphatic rings. The number of rotatable bonds is 6. The topological polar surface area (TPSA) is 9.72 Å². The molecule has 3 heteroatoms.